The minimum atomic E-state index is 0.275. The van der Waals surface area contributed by atoms with Crippen LogP contribution in [-0.2, 0) is 4.79 Å². The first-order valence-electron chi connectivity index (χ1n) is 7.08. The number of nitriles is 1. The van der Waals surface area contributed by atoms with Crippen molar-refractivity contribution in [1.82, 2.24) is 9.88 Å². The molecule has 1 N–H and O–H groups in total. The third kappa shape index (κ3) is 2.60. The number of nitrogens with zero attached hydrogens (tertiary/aromatic N) is 3. The van der Waals surface area contributed by atoms with Crippen LogP contribution in [0.4, 0.5) is 5.82 Å². The van der Waals surface area contributed by atoms with Crippen molar-refractivity contribution in [1.29, 1.82) is 5.26 Å². The first-order valence-corrected chi connectivity index (χ1v) is 7.08. The molecular weight excluding hydrogens is 252 g/mol. The molecule has 0 aromatic carbocycles. The lowest BCUT2D eigenvalue weighted by atomic mass is 10.1. The Bertz CT molecular complexity index is 574. The Balaban J connectivity index is 1.61. The molecule has 104 valence electrons. The average Bonchev–Trinajstić information content (AvgIpc) is 3.20. The molecule has 5 nitrogen and oxygen atoms in total. The van der Waals surface area contributed by atoms with Gasteiger partial charge < -0.3 is 10.2 Å². The van der Waals surface area contributed by atoms with Crippen LogP contribution in [0.1, 0.15) is 30.5 Å². The minimum Gasteiger partial charge on any atom is -0.369 e. The molecule has 1 aromatic rings. The standard InChI is InChI=1S/C15H18N4O/c1-10-2-3-12(7-16)15(18-10)17-8-11-6-14(20)19(9-11)13-4-5-13/h2-3,11,13H,4-6,8-9H2,1H3,(H,17,18). The van der Waals surface area contributed by atoms with Gasteiger partial charge in [-0.05, 0) is 31.9 Å². The molecule has 1 atom stereocenters. The lowest BCUT2D eigenvalue weighted by Gasteiger charge is -2.16. The zero-order valence-corrected chi connectivity index (χ0v) is 11.6. The molecule has 0 radical (unpaired) electrons. The van der Waals surface area contributed by atoms with Crippen LogP contribution in [0.3, 0.4) is 0 Å². The van der Waals surface area contributed by atoms with Gasteiger partial charge >= 0.3 is 0 Å². The van der Waals surface area contributed by atoms with Gasteiger partial charge in [-0.15, -0.1) is 0 Å². The molecule has 1 unspecified atom stereocenters. The van der Waals surface area contributed by atoms with Crippen molar-refractivity contribution in [2.45, 2.75) is 32.2 Å². The van der Waals surface area contributed by atoms with Gasteiger partial charge in [-0.25, -0.2) is 4.98 Å². The maximum absolute atomic E-state index is 11.9. The fourth-order valence-electron chi connectivity index (χ4n) is 2.71. The molecule has 1 saturated carbocycles. The summed E-state index contributed by atoms with van der Waals surface area (Å²) in [5.41, 5.74) is 1.44. The molecule has 20 heavy (non-hydrogen) atoms. The predicted octanol–water partition coefficient (Wildman–Crippen LogP) is 1.68. The summed E-state index contributed by atoms with van der Waals surface area (Å²) in [6.07, 6.45) is 2.92. The van der Waals surface area contributed by atoms with Crippen LogP contribution in [0.15, 0.2) is 12.1 Å². The van der Waals surface area contributed by atoms with E-state index in [0.717, 1.165) is 25.1 Å². The van der Waals surface area contributed by atoms with Gasteiger partial charge in [0.15, 0.2) is 0 Å². The van der Waals surface area contributed by atoms with E-state index in [9.17, 15) is 4.79 Å². The topological polar surface area (TPSA) is 69.0 Å². The Morgan fingerprint density at radius 2 is 2.30 bits per heavy atom. The fourth-order valence-corrected chi connectivity index (χ4v) is 2.71. The Morgan fingerprint density at radius 3 is 3.00 bits per heavy atom. The lowest BCUT2D eigenvalue weighted by molar-refractivity contribution is -0.128. The summed E-state index contributed by atoms with van der Waals surface area (Å²) in [6.45, 7) is 3.44. The van der Waals surface area contributed by atoms with Crippen LogP contribution in [-0.4, -0.2) is 34.9 Å². The van der Waals surface area contributed by atoms with Gasteiger partial charge in [-0.3, -0.25) is 4.79 Å². The molecule has 5 heteroatoms. The number of carbonyl (C=O) groups excluding carboxylic acids is 1. The molecule has 1 saturated heterocycles. The van der Waals surface area contributed by atoms with Crippen molar-refractivity contribution < 1.29 is 4.79 Å². The van der Waals surface area contributed by atoms with Crippen molar-refractivity contribution in [3.05, 3.63) is 23.4 Å². The van der Waals surface area contributed by atoms with Crippen LogP contribution in [0.2, 0.25) is 0 Å². The van der Waals surface area contributed by atoms with Crippen molar-refractivity contribution in [2.24, 2.45) is 5.92 Å². The predicted molar refractivity (Wildman–Crippen MR) is 75.0 cm³/mol. The summed E-state index contributed by atoms with van der Waals surface area (Å²) in [5, 5.41) is 12.3. The number of likely N-dealkylation sites (tertiary alicyclic amines) is 1. The van der Waals surface area contributed by atoms with E-state index in [1.165, 1.54) is 0 Å². The second-order valence-corrected chi connectivity index (χ2v) is 5.69. The largest absolute Gasteiger partial charge is 0.369 e. The molecule has 1 aliphatic carbocycles. The van der Waals surface area contributed by atoms with Crippen molar-refractivity contribution in [2.75, 3.05) is 18.4 Å². The molecule has 2 heterocycles. The zero-order chi connectivity index (χ0) is 14.1. The van der Waals surface area contributed by atoms with Crippen LogP contribution in [0.25, 0.3) is 0 Å². The van der Waals surface area contributed by atoms with E-state index in [2.05, 4.69) is 16.4 Å². The van der Waals surface area contributed by atoms with Crippen LogP contribution in [0, 0.1) is 24.2 Å². The monoisotopic (exact) mass is 270 g/mol. The van der Waals surface area contributed by atoms with E-state index in [0.29, 0.717) is 36.3 Å². The number of anilines is 1. The van der Waals surface area contributed by atoms with Gasteiger partial charge in [-0.1, -0.05) is 0 Å². The highest BCUT2D eigenvalue weighted by Crippen LogP contribution is 2.32. The van der Waals surface area contributed by atoms with Crippen LogP contribution < -0.4 is 5.32 Å². The first-order chi connectivity index (χ1) is 9.67. The van der Waals surface area contributed by atoms with E-state index < -0.39 is 0 Å². The number of rotatable bonds is 4. The van der Waals surface area contributed by atoms with Gasteiger partial charge in [0.2, 0.25) is 5.91 Å². The Morgan fingerprint density at radius 1 is 1.50 bits per heavy atom. The van der Waals surface area contributed by atoms with Crippen LogP contribution >= 0.6 is 0 Å². The number of carbonyl (C=O) groups is 1. The zero-order valence-electron chi connectivity index (χ0n) is 11.6. The smallest absolute Gasteiger partial charge is 0.223 e. The second-order valence-electron chi connectivity index (χ2n) is 5.69. The Labute approximate surface area is 118 Å². The fraction of sp³-hybridized carbons (Fsp3) is 0.533. The highest BCUT2D eigenvalue weighted by Gasteiger charge is 2.39. The maximum atomic E-state index is 11.9. The van der Waals surface area contributed by atoms with E-state index in [1.54, 1.807) is 6.07 Å². The van der Waals surface area contributed by atoms with E-state index in [4.69, 9.17) is 5.26 Å². The van der Waals surface area contributed by atoms with Crippen molar-refractivity contribution in [3.63, 3.8) is 0 Å². The maximum Gasteiger partial charge on any atom is 0.223 e. The van der Waals surface area contributed by atoms with Gasteiger partial charge in [0.1, 0.15) is 11.9 Å². The molecule has 2 fully saturated rings. The summed E-state index contributed by atoms with van der Waals surface area (Å²) in [4.78, 5) is 18.3. The van der Waals surface area contributed by atoms with E-state index in [1.807, 2.05) is 17.9 Å². The van der Waals surface area contributed by atoms with Crippen LogP contribution in [0.5, 0.6) is 0 Å². The summed E-state index contributed by atoms with van der Waals surface area (Å²) >= 11 is 0. The number of aromatic nitrogens is 1. The molecule has 1 aliphatic heterocycles. The first kappa shape index (κ1) is 12.9. The normalized spacial score (nSPS) is 21.9. The highest BCUT2D eigenvalue weighted by molar-refractivity contribution is 5.79. The molecule has 2 aliphatic rings. The quantitative estimate of drug-likeness (QED) is 0.904. The Hall–Kier alpha value is -2.09. The van der Waals surface area contributed by atoms with Gasteiger partial charge in [-0.2, -0.15) is 5.26 Å². The summed E-state index contributed by atoms with van der Waals surface area (Å²) in [7, 11) is 0. The summed E-state index contributed by atoms with van der Waals surface area (Å²) in [5.74, 6) is 1.22. The summed E-state index contributed by atoms with van der Waals surface area (Å²) in [6, 6.07) is 6.25. The highest BCUT2D eigenvalue weighted by atomic mass is 16.2. The molecule has 0 spiro atoms. The molecule has 0 bridgehead atoms. The molecule has 1 aromatic heterocycles. The van der Waals surface area contributed by atoms with E-state index >= 15 is 0 Å². The number of hydrogen-bond donors (Lipinski definition) is 1. The Kier molecular flexibility index (Phi) is 3.31. The number of nitrogens with one attached hydrogen (secondary N) is 1. The number of amides is 1. The van der Waals surface area contributed by atoms with Gasteiger partial charge in [0.25, 0.3) is 0 Å². The molecular formula is C15H18N4O. The van der Waals surface area contributed by atoms with Gasteiger partial charge in [0, 0.05) is 37.2 Å². The number of pyridine rings is 1. The van der Waals surface area contributed by atoms with Crippen molar-refractivity contribution in [3.8, 4) is 6.07 Å². The molecule has 3 rings (SSSR count). The van der Waals surface area contributed by atoms with Gasteiger partial charge in [0.05, 0.1) is 5.56 Å². The SMILES string of the molecule is Cc1ccc(C#N)c(NCC2CC(=O)N(C3CC3)C2)n1. The third-order valence-corrected chi connectivity index (χ3v) is 3.94. The number of aryl methyl sites for hydroxylation is 1. The minimum absolute atomic E-state index is 0.275. The van der Waals surface area contributed by atoms with Crippen molar-refractivity contribution >= 4 is 11.7 Å². The summed E-state index contributed by atoms with van der Waals surface area (Å²) < 4.78 is 0. The molecule has 1 amide bonds. The third-order valence-electron chi connectivity index (χ3n) is 3.94. The van der Waals surface area contributed by atoms with E-state index in [-0.39, 0.29) is 5.91 Å². The lowest BCUT2D eigenvalue weighted by Crippen LogP contribution is -2.28. The average molecular weight is 270 g/mol. The number of hydrogen-bond acceptors (Lipinski definition) is 4. The second kappa shape index (κ2) is 5.12.